The lowest BCUT2D eigenvalue weighted by atomic mass is 10.1. The minimum Gasteiger partial charge on any atom is -0.466 e. The minimum atomic E-state index is -1.96. The van der Waals surface area contributed by atoms with Crippen molar-refractivity contribution in [2.75, 3.05) is 26.3 Å². The molecule has 0 radical (unpaired) electrons. The second-order valence-electron chi connectivity index (χ2n) is 3.95. The predicted molar refractivity (Wildman–Crippen MR) is 65.5 cm³/mol. The van der Waals surface area contributed by atoms with Gasteiger partial charge in [-0.3, -0.25) is 4.79 Å². The smallest absolute Gasteiger partial charge is 0.262 e. The average Bonchev–Trinajstić information content (AvgIpc) is 2.91. The Hall–Kier alpha value is -0.750. The predicted octanol–water partition coefficient (Wildman–Crippen LogP) is 1.35. The van der Waals surface area contributed by atoms with Crippen molar-refractivity contribution in [3.8, 4) is 0 Å². The van der Waals surface area contributed by atoms with Crippen LogP contribution in [0.3, 0.4) is 0 Å². The fraction of sp³-hybridized carbons (Fsp3) is 0.545. The van der Waals surface area contributed by atoms with Crippen LogP contribution < -0.4 is 0 Å². The van der Waals surface area contributed by atoms with Crippen molar-refractivity contribution < 1.29 is 19.1 Å². The first kappa shape index (κ1) is 13.7. The summed E-state index contributed by atoms with van der Waals surface area (Å²) in [5.74, 6) is -0.389. The van der Waals surface area contributed by atoms with Crippen LogP contribution >= 0.6 is 23.2 Å². The van der Waals surface area contributed by atoms with E-state index in [4.69, 9.17) is 32.4 Å². The van der Waals surface area contributed by atoms with E-state index < -0.39 is 16.3 Å². The number of aliphatic hydroxyl groups is 1. The van der Waals surface area contributed by atoms with E-state index in [0.717, 1.165) is 0 Å². The quantitative estimate of drug-likeness (QED) is 0.855. The van der Waals surface area contributed by atoms with E-state index in [1.807, 2.05) is 0 Å². The fourth-order valence-corrected chi connectivity index (χ4v) is 2.17. The monoisotopic (exact) mass is 293 g/mol. The molecule has 1 aromatic rings. The molecule has 1 amide bonds. The summed E-state index contributed by atoms with van der Waals surface area (Å²) in [6, 6.07) is 3.10. The fourth-order valence-electron chi connectivity index (χ4n) is 1.72. The van der Waals surface area contributed by atoms with Gasteiger partial charge in [-0.15, -0.1) is 0 Å². The molecule has 1 saturated heterocycles. The maximum absolute atomic E-state index is 12.2. The van der Waals surface area contributed by atoms with Crippen LogP contribution in [0.1, 0.15) is 11.9 Å². The van der Waals surface area contributed by atoms with Crippen LogP contribution in [-0.2, 0) is 9.53 Å². The first-order valence-electron chi connectivity index (χ1n) is 5.50. The van der Waals surface area contributed by atoms with E-state index in [1.54, 1.807) is 6.07 Å². The standard InChI is InChI=1S/C11H13Cl2NO4/c12-11(13,9(15)8-2-1-5-18-8)10(16)14-3-6-17-7-4-14/h1-2,5,9,15H,3-4,6-7H2. The van der Waals surface area contributed by atoms with Gasteiger partial charge in [0.2, 0.25) is 4.33 Å². The van der Waals surface area contributed by atoms with E-state index >= 15 is 0 Å². The van der Waals surface area contributed by atoms with E-state index in [1.165, 1.54) is 17.2 Å². The maximum Gasteiger partial charge on any atom is 0.262 e. The molecule has 1 unspecified atom stereocenters. The van der Waals surface area contributed by atoms with Gasteiger partial charge in [0.25, 0.3) is 5.91 Å². The van der Waals surface area contributed by atoms with Gasteiger partial charge >= 0.3 is 0 Å². The van der Waals surface area contributed by atoms with E-state index in [9.17, 15) is 9.90 Å². The number of hydrogen-bond acceptors (Lipinski definition) is 4. The Bertz CT molecular complexity index is 401. The summed E-state index contributed by atoms with van der Waals surface area (Å²) in [6.07, 6.45) is -0.0343. The highest BCUT2D eigenvalue weighted by atomic mass is 35.5. The van der Waals surface area contributed by atoms with Gasteiger partial charge in [0, 0.05) is 13.1 Å². The van der Waals surface area contributed by atoms with Crippen LogP contribution in [0.4, 0.5) is 0 Å². The van der Waals surface area contributed by atoms with E-state index in [0.29, 0.717) is 26.3 Å². The molecular formula is C11H13Cl2NO4. The summed E-state index contributed by atoms with van der Waals surface area (Å²) < 4.78 is 8.18. The first-order chi connectivity index (χ1) is 8.53. The number of morpholine rings is 1. The zero-order valence-corrected chi connectivity index (χ0v) is 11.0. The molecule has 1 atom stereocenters. The highest BCUT2D eigenvalue weighted by molar-refractivity contribution is 6.58. The molecule has 18 heavy (non-hydrogen) atoms. The Morgan fingerprint density at radius 1 is 1.44 bits per heavy atom. The number of rotatable bonds is 3. The van der Waals surface area contributed by atoms with Gasteiger partial charge in [-0.1, -0.05) is 23.2 Å². The molecule has 1 aliphatic heterocycles. The number of alkyl halides is 2. The van der Waals surface area contributed by atoms with Crippen LogP contribution in [0.2, 0.25) is 0 Å². The summed E-state index contributed by atoms with van der Waals surface area (Å²) >= 11 is 12.0. The third-order valence-corrected chi connectivity index (χ3v) is 3.48. The van der Waals surface area contributed by atoms with Gasteiger partial charge in [-0.2, -0.15) is 0 Å². The molecule has 1 aliphatic rings. The van der Waals surface area contributed by atoms with Gasteiger partial charge in [-0.05, 0) is 12.1 Å². The largest absolute Gasteiger partial charge is 0.466 e. The molecule has 1 aromatic heterocycles. The Balaban J connectivity index is 2.11. The number of furan rings is 1. The van der Waals surface area contributed by atoms with Gasteiger partial charge in [0.15, 0.2) is 6.10 Å². The van der Waals surface area contributed by atoms with E-state index in [-0.39, 0.29) is 5.76 Å². The van der Waals surface area contributed by atoms with Crippen molar-refractivity contribution in [1.82, 2.24) is 4.90 Å². The van der Waals surface area contributed by atoms with Crippen LogP contribution in [0.5, 0.6) is 0 Å². The second-order valence-corrected chi connectivity index (χ2v) is 5.33. The highest BCUT2D eigenvalue weighted by Gasteiger charge is 2.46. The molecular weight excluding hydrogens is 281 g/mol. The van der Waals surface area contributed by atoms with Gasteiger partial charge in [0.1, 0.15) is 5.76 Å². The molecule has 2 rings (SSSR count). The number of amides is 1. The second kappa shape index (κ2) is 5.48. The van der Waals surface area contributed by atoms with Gasteiger partial charge in [0.05, 0.1) is 19.5 Å². The Morgan fingerprint density at radius 2 is 2.11 bits per heavy atom. The molecule has 0 spiro atoms. The topological polar surface area (TPSA) is 62.9 Å². The average molecular weight is 294 g/mol. The molecule has 7 heteroatoms. The Labute approximate surface area is 114 Å². The van der Waals surface area contributed by atoms with Crippen LogP contribution in [0.25, 0.3) is 0 Å². The summed E-state index contributed by atoms with van der Waals surface area (Å²) in [4.78, 5) is 13.6. The molecule has 0 aliphatic carbocycles. The summed E-state index contributed by atoms with van der Waals surface area (Å²) in [5.41, 5.74) is 0. The molecule has 2 heterocycles. The number of carbonyl (C=O) groups is 1. The van der Waals surface area contributed by atoms with E-state index in [2.05, 4.69) is 0 Å². The molecule has 1 N–H and O–H groups in total. The van der Waals surface area contributed by atoms with Crippen LogP contribution in [0, 0.1) is 0 Å². The van der Waals surface area contributed by atoms with Crippen molar-refractivity contribution in [3.63, 3.8) is 0 Å². The number of aliphatic hydroxyl groups excluding tert-OH is 1. The Kier molecular flexibility index (Phi) is 4.17. The lowest BCUT2D eigenvalue weighted by molar-refractivity contribution is -0.138. The number of carbonyl (C=O) groups excluding carboxylic acids is 1. The zero-order chi connectivity index (χ0) is 13.2. The molecule has 0 aromatic carbocycles. The number of nitrogens with zero attached hydrogens (tertiary/aromatic N) is 1. The van der Waals surface area contributed by atoms with Crippen molar-refractivity contribution in [1.29, 1.82) is 0 Å². The lowest BCUT2D eigenvalue weighted by Gasteiger charge is -2.33. The van der Waals surface area contributed by atoms with Crippen molar-refractivity contribution in [2.24, 2.45) is 0 Å². The maximum atomic E-state index is 12.2. The third-order valence-electron chi connectivity index (χ3n) is 2.74. The van der Waals surface area contributed by atoms with Crippen molar-refractivity contribution >= 4 is 29.1 Å². The molecule has 100 valence electrons. The molecule has 5 nitrogen and oxygen atoms in total. The molecule has 0 bridgehead atoms. The van der Waals surface area contributed by atoms with Crippen molar-refractivity contribution in [2.45, 2.75) is 10.4 Å². The summed E-state index contributed by atoms with van der Waals surface area (Å²) in [6.45, 7) is 1.69. The van der Waals surface area contributed by atoms with Gasteiger partial charge < -0.3 is 19.2 Å². The third kappa shape index (κ3) is 2.64. The number of hydrogen-bond donors (Lipinski definition) is 1. The normalized spacial score (nSPS) is 18.7. The Morgan fingerprint density at radius 3 is 2.67 bits per heavy atom. The molecule has 1 fully saturated rings. The lowest BCUT2D eigenvalue weighted by Crippen LogP contribution is -2.49. The number of halogens is 2. The minimum absolute atomic E-state index is 0.154. The highest BCUT2D eigenvalue weighted by Crippen LogP contribution is 2.38. The van der Waals surface area contributed by atoms with Crippen LogP contribution in [0.15, 0.2) is 22.8 Å². The SMILES string of the molecule is O=C(N1CCOCC1)C(Cl)(Cl)C(O)c1ccco1. The zero-order valence-electron chi connectivity index (χ0n) is 9.51. The van der Waals surface area contributed by atoms with Crippen LogP contribution in [-0.4, -0.2) is 46.6 Å². The first-order valence-corrected chi connectivity index (χ1v) is 6.25. The summed E-state index contributed by atoms with van der Waals surface area (Å²) in [5, 5.41) is 10.0. The summed E-state index contributed by atoms with van der Waals surface area (Å²) in [7, 11) is 0. The van der Waals surface area contributed by atoms with Crippen molar-refractivity contribution in [3.05, 3.63) is 24.2 Å². The molecule has 0 saturated carbocycles. The number of ether oxygens (including phenoxy) is 1. The van der Waals surface area contributed by atoms with Gasteiger partial charge in [-0.25, -0.2) is 0 Å².